The van der Waals surface area contributed by atoms with E-state index < -0.39 is 0 Å². The summed E-state index contributed by atoms with van der Waals surface area (Å²) >= 11 is 0. The summed E-state index contributed by atoms with van der Waals surface area (Å²) in [6.07, 6.45) is 1.75. The van der Waals surface area contributed by atoms with Crippen LogP contribution in [0.3, 0.4) is 0 Å². The first-order valence-electron chi connectivity index (χ1n) is 4.80. The van der Waals surface area contributed by atoms with Gasteiger partial charge < -0.3 is 11.1 Å². The van der Waals surface area contributed by atoms with Crippen LogP contribution >= 0.6 is 0 Å². The molecule has 0 saturated carbocycles. The van der Waals surface area contributed by atoms with Gasteiger partial charge in [-0.25, -0.2) is 4.98 Å². The van der Waals surface area contributed by atoms with E-state index in [4.69, 9.17) is 5.73 Å². The molecule has 0 unspecified atom stereocenters. The number of para-hydroxylation sites is 1. The molecule has 1 heterocycles. The van der Waals surface area contributed by atoms with Crippen LogP contribution in [0.1, 0.15) is 5.56 Å². The van der Waals surface area contributed by atoms with Crippen molar-refractivity contribution in [3.05, 3.63) is 48.2 Å². The lowest BCUT2D eigenvalue weighted by atomic mass is 10.2. The fraction of sp³-hybridized carbons (Fsp3) is 0.0833. The number of hydrogen-bond donors (Lipinski definition) is 2. The van der Waals surface area contributed by atoms with Gasteiger partial charge in [0.1, 0.15) is 0 Å². The Balaban J connectivity index is 2.29. The molecule has 15 heavy (non-hydrogen) atoms. The Labute approximate surface area is 89.0 Å². The topological polar surface area (TPSA) is 50.9 Å². The lowest BCUT2D eigenvalue weighted by Gasteiger charge is -2.09. The zero-order valence-electron chi connectivity index (χ0n) is 8.57. The SMILES string of the molecule is Cc1ccnc(Nc2ccccc2)c1N. The molecule has 3 heteroatoms. The number of nitrogens with two attached hydrogens (primary N) is 1. The van der Waals surface area contributed by atoms with Gasteiger partial charge in [-0.2, -0.15) is 0 Å². The predicted molar refractivity (Wildman–Crippen MR) is 63.1 cm³/mol. The lowest BCUT2D eigenvalue weighted by Crippen LogP contribution is -2.00. The van der Waals surface area contributed by atoms with Crippen molar-refractivity contribution < 1.29 is 0 Å². The summed E-state index contributed by atoms with van der Waals surface area (Å²) in [5, 5.41) is 3.18. The van der Waals surface area contributed by atoms with Crippen LogP contribution in [0.4, 0.5) is 17.2 Å². The minimum absolute atomic E-state index is 0.696. The van der Waals surface area contributed by atoms with Gasteiger partial charge in [-0.1, -0.05) is 18.2 Å². The van der Waals surface area contributed by atoms with Gasteiger partial charge in [0.05, 0.1) is 5.69 Å². The molecule has 0 saturated heterocycles. The van der Waals surface area contributed by atoms with Crippen LogP contribution in [0.5, 0.6) is 0 Å². The monoisotopic (exact) mass is 199 g/mol. The Hall–Kier alpha value is -2.03. The third-order valence-corrected chi connectivity index (χ3v) is 2.24. The number of benzene rings is 1. The molecule has 3 nitrogen and oxygen atoms in total. The fourth-order valence-electron chi connectivity index (χ4n) is 1.33. The molecular weight excluding hydrogens is 186 g/mol. The number of anilines is 3. The van der Waals surface area contributed by atoms with E-state index in [0.29, 0.717) is 11.5 Å². The van der Waals surface area contributed by atoms with Gasteiger partial charge in [-0.3, -0.25) is 0 Å². The second-order valence-corrected chi connectivity index (χ2v) is 3.38. The Morgan fingerprint density at radius 1 is 1.13 bits per heavy atom. The van der Waals surface area contributed by atoms with E-state index in [0.717, 1.165) is 11.3 Å². The van der Waals surface area contributed by atoms with E-state index in [-0.39, 0.29) is 0 Å². The molecule has 0 atom stereocenters. The molecule has 1 aromatic carbocycles. The number of aromatic nitrogens is 1. The van der Waals surface area contributed by atoms with Crippen molar-refractivity contribution in [1.82, 2.24) is 4.98 Å². The van der Waals surface area contributed by atoms with Gasteiger partial charge in [0.2, 0.25) is 0 Å². The van der Waals surface area contributed by atoms with Gasteiger partial charge in [-0.05, 0) is 30.7 Å². The first kappa shape index (κ1) is 9.52. The molecule has 2 rings (SSSR count). The second-order valence-electron chi connectivity index (χ2n) is 3.38. The van der Waals surface area contributed by atoms with Gasteiger partial charge in [0.15, 0.2) is 5.82 Å². The van der Waals surface area contributed by atoms with Gasteiger partial charge in [-0.15, -0.1) is 0 Å². The minimum atomic E-state index is 0.696. The summed E-state index contributed by atoms with van der Waals surface area (Å²) in [5.74, 6) is 0.709. The smallest absolute Gasteiger partial charge is 0.153 e. The maximum atomic E-state index is 5.91. The average Bonchev–Trinajstić information content (AvgIpc) is 2.26. The highest BCUT2D eigenvalue weighted by Crippen LogP contribution is 2.22. The Bertz CT molecular complexity index is 452. The molecular formula is C12H13N3. The van der Waals surface area contributed by atoms with E-state index in [1.54, 1.807) is 6.20 Å². The molecule has 0 aliphatic rings. The first-order chi connectivity index (χ1) is 7.27. The van der Waals surface area contributed by atoms with Gasteiger partial charge >= 0.3 is 0 Å². The zero-order chi connectivity index (χ0) is 10.7. The predicted octanol–water partition coefficient (Wildman–Crippen LogP) is 2.72. The standard InChI is InChI=1S/C12H13N3/c1-9-7-8-14-12(11(9)13)15-10-5-3-2-4-6-10/h2-8H,13H2,1H3,(H,14,15). The molecule has 3 N–H and O–H groups in total. The summed E-state index contributed by atoms with van der Waals surface area (Å²) in [6.45, 7) is 1.97. The first-order valence-corrected chi connectivity index (χ1v) is 4.80. The number of nitrogens with one attached hydrogen (secondary N) is 1. The Kier molecular flexibility index (Phi) is 2.54. The van der Waals surface area contributed by atoms with E-state index in [1.165, 1.54) is 0 Å². The number of hydrogen-bond acceptors (Lipinski definition) is 3. The van der Waals surface area contributed by atoms with E-state index in [2.05, 4.69) is 10.3 Å². The van der Waals surface area contributed by atoms with Crippen molar-refractivity contribution in [3.8, 4) is 0 Å². The largest absolute Gasteiger partial charge is 0.396 e. The highest BCUT2D eigenvalue weighted by atomic mass is 15.0. The lowest BCUT2D eigenvalue weighted by molar-refractivity contribution is 1.28. The molecule has 0 radical (unpaired) electrons. The average molecular weight is 199 g/mol. The normalized spacial score (nSPS) is 9.93. The molecule has 0 fully saturated rings. The van der Waals surface area contributed by atoms with Crippen molar-refractivity contribution in [2.24, 2.45) is 0 Å². The van der Waals surface area contributed by atoms with Gasteiger partial charge in [0.25, 0.3) is 0 Å². The van der Waals surface area contributed by atoms with E-state index in [9.17, 15) is 0 Å². The summed E-state index contributed by atoms with van der Waals surface area (Å²) in [5.41, 5.74) is 8.62. The second kappa shape index (κ2) is 4.00. The number of pyridine rings is 1. The van der Waals surface area contributed by atoms with Crippen LogP contribution in [0.15, 0.2) is 42.6 Å². The summed E-state index contributed by atoms with van der Waals surface area (Å²) in [7, 11) is 0. The molecule has 2 aromatic rings. The van der Waals surface area contributed by atoms with Crippen LogP contribution in [-0.2, 0) is 0 Å². The molecule has 1 aromatic heterocycles. The van der Waals surface area contributed by atoms with E-state index in [1.807, 2.05) is 43.3 Å². The number of nitrogen functional groups attached to an aromatic ring is 1. The van der Waals surface area contributed by atoms with Crippen LogP contribution < -0.4 is 11.1 Å². The highest BCUT2D eigenvalue weighted by Gasteiger charge is 2.02. The van der Waals surface area contributed by atoms with Crippen LogP contribution in [0.2, 0.25) is 0 Å². The van der Waals surface area contributed by atoms with Crippen molar-refractivity contribution in [3.63, 3.8) is 0 Å². The maximum Gasteiger partial charge on any atom is 0.153 e. The third-order valence-electron chi connectivity index (χ3n) is 2.24. The maximum absolute atomic E-state index is 5.91. The summed E-state index contributed by atoms with van der Waals surface area (Å²) in [6, 6.07) is 11.7. The summed E-state index contributed by atoms with van der Waals surface area (Å²) in [4.78, 5) is 4.20. The molecule has 0 aliphatic carbocycles. The molecule has 0 bridgehead atoms. The highest BCUT2D eigenvalue weighted by molar-refractivity contribution is 5.70. The quantitative estimate of drug-likeness (QED) is 0.781. The Morgan fingerprint density at radius 2 is 1.87 bits per heavy atom. The molecule has 0 amide bonds. The van der Waals surface area contributed by atoms with Crippen LogP contribution in [0, 0.1) is 6.92 Å². The summed E-state index contributed by atoms with van der Waals surface area (Å²) < 4.78 is 0. The Morgan fingerprint density at radius 3 is 2.60 bits per heavy atom. The number of rotatable bonds is 2. The zero-order valence-corrected chi connectivity index (χ0v) is 8.57. The van der Waals surface area contributed by atoms with Crippen molar-refractivity contribution >= 4 is 17.2 Å². The van der Waals surface area contributed by atoms with Crippen LogP contribution in [0.25, 0.3) is 0 Å². The van der Waals surface area contributed by atoms with Gasteiger partial charge in [0, 0.05) is 11.9 Å². The third kappa shape index (κ3) is 2.07. The van der Waals surface area contributed by atoms with Crippen molar-refractivity contribution in [1.29, 1.82) is 0 Å². The number of nitrogens with zero attached hydrogens (tertiary/aromatic N) is 1. The van der Waals surface area contributed by atoms with Crippen LogP contribution in [-0.4, -0.2) is 4.98 Å². The van der Waals surface area contributed by atoms with Crippen molar-refractivity contribution in [2.45, 2.75) is 6.92 Å². The van der Waals surface area contributed by atoms with Crippen molar-refractivity contribution in [2.75, 3.05) is 11.1 Å². The molecule has 76 valence electrons. The molecule has 0 spiro atoms. The minimum Gasteiger partial charge on any atom is -0.396 e. The fourth-order valence-corrected chi connectivity index (χ4v) is 1.33. The molecule has 0 aliphatic heterocycles. The van der Waals surface area contributed by atoms with E-state index >= 15 is 0 Å². The number of aryl methyl sites for hydroxylation is 1.